The molecule has 1 amide bonds. The highest BCUT2D eigenvalue weighted by atomic mass is 35.5. The number of anilines is 1. The molecule has 2 aromatic rings. The summed E-state index contributed by atoms with van der Waals surface area (Å²) in [6.45, 7) is 1.04. The number of amides is 1. The molecule has 2 aliphatic rings. The number of aromatic nitrogens is 3. The van der Waals surface area contributed by atoms with Crippen LogP contribution in [0, 0.1) is 0 Å². The molecular weight excluding hydrogens is 458 g/mol. The summed E-state index contributed by atoms with van der Waals surface area (Å²) in [4.78, 5) is 12.6. The minimum atomic E-state index is -3.62. The highest BCUT2D eigenvalue weighted by Crippen LogP contribution is 2.39. The summed E-state index contributed by atoms with van der Waals surface area (Å²) in [6.07, 6.45) is 6.06. The quantitative estimate of drug-likeness (QED) is 0.604. The minimum Gasteiger partial charge on any atom is -0.324 e. The van der Waals surface area contributed by atoms with E-state index in [2.05, 4.69) is 15.5 Å². The predicted molar refractivity (Wildman–Crippen MR) is 121 cm³/mol. The third kappa shape index (κ3) is 5.24. The van der Waals surface area contributed by atoms with E-state index in [1.807, 2.05) is 11.6 Å². The maximum atomic E-state index is 13.0. The lowest BCUT2D eigenvalue weighted by molar-refractivity contribution is -0.113. The minimum absolute atomic E-state index is 0.121. The van der Waals surface area contributed by atoms with Gasteiger partial charge >= 0.3 is 0 Å². The lowest BCUT2D eigenvalue weighted by atomic mass is 10.2. The molecule has 0 radical (unpaired) electrons. The number of rotatable bonds is 7. The number of carbonyl (C=O) groups excluding carboxylic acids is 1. The van der Waals surface area contributed by atoms with Crippen LogP contribution in [0.1, 0.15) is 50.3 Å². The average Bonchev–Trinajstić information content (AvgIpc) is 3.55. The fourth-order valence-electron chi connectivity index (χ4n) is 3.66. The third-order valence-electron chi connectivity index (χ3n) is 5.56. The molecule has 8 nitrogen and oxygen atoms in total. The Hall–Kier alpha value is -1.62. The second-order valence-electron chi connectivity index (χ2n) is 7.97. The third-order valence-corrected chi connectivity index (χ3v) is 8.80. The van der Waals surface area contributed by atoms with Crippen molar-refractivity contribution >= 4 is 45.0 Å². The van der Waals surface area contributed by atoms with Crippen molar-refractivity contribution in [2.45, 2.75) is 54.5 Å². The van der Waals surface area contributed by atoms with Crippen molar-refractivity contribution in [3.8, 4) is 0 Å². The van der Waals surface area contributed by atoms with Gasteiger partial charge in [0.25, 0.3) is 0 Å². The zero-order chi connectivity index (χ0) is 22.0. The van der Waals surface area contributed by atoms with Crippen LogP contribution >= 0.6 is 23.4 Å². The van der Waals surface area contributed by atoms with E-state index in [4.69, 9.17) is 11.6 Å². The van der Waals surface area contributed by atoms with Gasteiger partial charge in [0.1, 0.15) is 5.82 Å². The van der Waals surface area contributed by atoms with Crippen molar-refractivity contribution in [2.24, 2.45) is 7.05 Å². The Balaban J connectivity index is 1.42. The first-order valence-electron chi connectivity index (χ1n) is 10.5. The van der Waals surface area contributed by atoms with Gasteiger partial charge in [0, 0.05) is 26.1 Å². The van der Waals surface area contributed by atoms with E-state index in [-0.39, 0.29) is 16.6 Å². The number of thioether (sulfide) groups is 1. The zero-order valence-electron chi connectivity index (χ0n) is 17.4. The molecule has 0 bridgehead atoms. The molecule has 1 aromatic heterocycles. The number of carbonyl (C=O) groups is 1. The standard InChI is InChI=1S/C20H26ClN5O3S2/c1-25-19(14-6-7-14)23-24-20(25)30-13-18(27)22-17-12-15(8-9-16(17)21)31(28,29)26-10-4-2-3-5-11-26/h8-9,12,14H,2-7,10-11,13H2,1H3,(H,22,27). The Labute approximate surface area is 191 Å². The van der Waals surface area contributed by atoms with E-state index in [9.17, 15) is 13.2 Å². The molecule has 1 saturated carbocycles. The van der Waals surface area contributed by atoms with E-state index in [1.165, 1.54) is 34.3 Å². The van der Waals surface area contributed by atoms with E-state index in [1.54, 1.807) is 0 Å². The van der Waals surface area contributed by atoms with Crippen molar-refractivity contribution in [3.63, 3.8) is 0 Å². The molecule has 1 saturated heterocycles. The van der Waals surface area contributed by atoms with Crippen LogP contribution in [-0.2, 0) is 21.9 Å². The fourth-order valence-corrected chi connectivity index (χ4v) is 6.08. The highest BCUT2D eigenvalue weighted by Gasteiger charge is 2.29. The van der Waals surface area contributed by atoms with Gasteiger partial charge < -0.3 is 9.88 Å². The molecular formula is C20H26ClN5O3S2. The van der Waals surface area contributed by atoms with E-state index in [0.717, 1.165) is 44.3 Å². The Morgan fingerprint density at radius 1 is 1.19 bits per heavy atom. The molecule has 2 fully saturated rings. The first kappa shape index (κ1) is 22.6. The van der Waals surface area contributed by atoms with Crippen LogP contribution in [0.2, 0.25) is 5.02 Å². The van der Waals surface area contributed by atoms with Gasteiger partial charge in [-0.3, -0.25) is 4.79 Å². The fraction of sp³-hybridized carbons (Fsp3) is 0.550. The lowest BCUT2D eigenvalue weighted by Gasteiger charge is -2.20. The summed E-state index contributed by atoms with van der Waals surface area (Å²) in [5.74, 6) is 1.27. The van der Waals surface area contributed by atoms with Crippen LogP contribution in [0.3, 0.4) is 0 Å². The lowest BCUT2D eigenvalue weighted by Crippen LogP contribution is -2.32. The van der Waals surface area contributed by atoms with Crippen LogP contribution in [-0.4, -0.2) is 52.2 Å². The van der Waals surface area contributed by atoms with Crippen LogP contribution in [0.25, 0.3) is 0 Å². The van der Waals surface area contributed by atoms with Crippen LogP contribution < -0.4 is 5.32 Å². The molecule has 1 aromatic carbocycles. The highest BCUT2D eigenvalue weighted by molar-refractivity contribution is 7.99. The van der Waals surface area contributed by atoms with Gasteiger partial charge in [-0.15, -0.1) is 10.2 Å². The number of hydrogen-bond donors (Lipinski definition) is 1. The second-order valence-corrected chi connectivity index (χ2v) is 11.3. The maximum absolute atomic E-state index is 13.0. The Morgan fingerprint density at radius 2 is 1.90 bits per heavy atom. The molecule has 1 N–H and O–H groups in total. The van der Waals surface area contributed by atoms with Gasteiger partial charge in [-0.05, 0) is 43.9 Å². The van der Waals surface area contributed by atoms with E-state index >= 15 is 0 Å². The van der Waals surface area contributed by atoms with E-state index in [0.29, 0.717) is 34.9 Å². The topological polar surface area (TPSA) is 97.2 Å². The summed E-state index contributed by atoms with van der Waals surface area (Å²) >= 11 is 7.52. The van der Waals surface area contributed by atoms with Gasteiger partial charge in [-0.2, -0.15) is 4.31 Å². The zero-order valence-corrected chi connectivity index (χ0v) is 19.8. The van der Waals surface area contributed by atoms with Gasteiger partial charge in [0.05, 0.1) is 21.4 Å². The van der Waals surface area contributed by atoms with Gasteiger partial charge in [0.2, 0.25) is 15.9 Å². The summed E-state index contributed by atoms with van der Waals surface area (Å²) < 4.78 is 29.5. The van der Waals surface area contributed by atoms with Crippen LogP contribution in [0.15, 0.2) is 28.3 Å². The molecule has 31 heavy (non-hydrogen) atoms. The predicted octanol–water partition coefficient (Wildman–Crippen LogP) is 3.64. The Morgan fingerprint density at radius 3 is 2.58 bits per heavy atom. The molecule has 0 unspecified atom stereocenters. The number of hydrogen-bond acceptors (Lipinski definition) is 6. The van der Waals surface area contributed by atoms with Crippen molar-refractivity contribution in [2.75, 3.05) is 24.2 Å². The molecule has 168 valence electrons. The summed E-state index contributed by atoms with van der Waals surface area (Å²) in [6, 6.07) is 4.45. The summed E-state index contributed by atoms with van der Waals surface area (Å²) in [7, 11) is -1.72. The average molecular weight is 484 g/mol. The first-order chi connectivity index (χ1) is 14.9. The molecule has 0 atom stereocenters. The maximum Gasteiger partial charge on any atom is 0.243 e. The number of halogens is 1. The SMILES string of the molecule is Cn1c(SCC(=O)Nc2cc(S(=O)(=O)N3CCCCCC3)ccc2Cl)nnc1C1CC1. The second kappa shape index (κ2) is 9.48. The van der Waals surface area contributed by atoms with Crippen molar-refractivity contribution in [1.29, 1.82) is 0 Å². The molecule has 1 aliphatic carbocycles. The number of sulfonamides is 1. The smallest absolute Gasteiger partial charge is 0.243 e. The molecule has 2 heterocycles. The Kier molecular flexibility index (Phi) is 6.90. The van der Waals surface area contributed by atoms with Crippen LogP contribution in [0.5, 0.6) is 0 Å². The van der Waals surface area contributed by atoms with Gasteiger partial charge in [-0.25, -0.2) is 8.42 Å². The molecule has 0 spiro atoms. The van der Waals surface area contributed by atoms with Gasteiger partial charge in [-0.1, -0.05) is 36.2 Å². The Bertz CT molecular complexity index is 1060. The molecule has 4 rings (SSSR count). The van der Waals surface area contributed by atoms with Crippen molar-refractivity contribution in [3.05, 3.63) is 29.0 Å². The number of nitrogens with zero attached hydrogens (tertiary/aromatic N) is 4. The first-order valence-corrected chi connectivity index (χ1v) is 13.3. The van der Waals surface area contributed by atoms with E-state index < -0.39 is 10.0 Å². The summed E-state index contributed by atoms with van der Waals surface area (Å²) in [5, 5.41) is 12.1. The largest absolute Gasteiger partial charge is 0.324 e. The molecule has 1 aliphatic heterocycles. The number of benzene rings is 1. The van der Waals surface area contributed by atoms with Gasteiger partial charge in [0.15, 0.2) is 5.16 Å². The summed E-state index contributed by atoms with van der Waals surface area (Å²) in [5.41, 5.74) is 0.291. The van der Waals surface area contributed by atoms with Crippen molar-refractivity contribution in [1.82, 2.24) is 19.1 Å². The normalized spacial score (nSPS) is 18.0. The number of nitrogens with one attached hydrogen (secondary N) is 1. The molecule has 11 heteroatoms. The monoisotopic (exact) mass is 483 g/mol. The van der Waals surface area contributed by atoms with Crippen LogP contribution in [0.4, 0.5) is 5.69 Å². The van der Waals surface area contributed by atoms with Crippen molar-refractivity contribution < 1.29 is 13.2 Å².